The molecule has 3 aliphatic heterocycles. The van der Waals surface area contributed by atoms with Crippen molar-refractivity contribution in [3.63, 3.8) is 0 Å². The lowest BCUT2D eigenvalue weighted by atomic mass is 10.1. The summed E-state index contributed by atoms with van der Waals surface area (Å²) in [6.45, 7) is -1.70. The highest BCUT2D eigenvalue weighted by Gasteiger charge is 2.50. The molecule has 53 heavy (non-hydrogen) atoms. The summed E-state index contributed by atoms with van der Waals surface area (Å²) in [5.41, 5.74) is 10.2. The highest BCUT2D eigenvalue weighted by molar-refractivity contribution is 7.66. The third kappa shape index (κ3) is 8.32. The van der Waals surface area contributed by atoms with Gasteiger partial charge in [-0.2, -0.15) is 18.6 Å². The molecule has 3 aromatic rings. The number of aliphatic hydroxyl groups excluding tert-OH is 2. The molecule has 0 radical (unpaired) electrons. The number of phosphoric ester groups is 1. The van der Waals surface area contributed by atoms with E-state index in [1.54, 1.807) is 0 Å². The van der Waals surface area contributed by atoms with Crippen LogP contribution in [0.4, 0.5) is 23.4 Å². The van der Waals surface area contributed by atoms with Gasteiger partial charge in [0, 0.05) is 20.6 Å². The van der Waals surface area contributed by atoms with Crippen molar-refractivity contribution in [2.45, 2.75) is 49.4 Å². The van der Waals surface area contributed by atoms with E-state index < -0.39 is 90.8 Å². The van der Waals surface area contributed by atoms with Crippen LogP contribution in [0.25, 0.3) is 11.2 Å². The van der Waals surface area contributed by atoms with E-state index in [9.17, 15) is 48.2 Å². The second-order valence-electron chi connectivity index (χ2n) is 11.6. The van der Waals surface area contributed by atoms with Crippen molar-refractivity contribution in [3.8, 4) is 0 Å². The van der Waals surface area contributed by atoms with Gasteiger partial charge in [0.2, 0.25) is 11.9 Å². The second-order valence-corrected chi connectivity index (χ2v) is 16.2. The minimum absolute atomic E-state index is 0.00504. The Morgan fingerprint density at radius 2 is 1.62 bits per heavy atom. The zero-order chi connectivity index (χ0) is 38.6. The minimum Gasteiger partial charge on any atom is -0.387 e. The lowest BCUT2D eigenvalue weighted by Crippen LogP contribution is -2.45. The number of phosphoric acid groups is 3. The highest BCUT2D eigenvalue weighted by Crippen LogP contribution is 2.67. The first kappa shape index (κ1) is 39.3. The average molecular weight is 818 g/mol. The van der Waals surface area contributed by atoms with Gasteiger partial charge < -0.3 is 60.4 Å². The Morgan fingerprint density at radius 3 is 2.34 bits per heavy atom. The summed E-state index contributed by atoms with van der Waals surface area (Å²) in [7, 11) is -14.4. The Balaban J connectivity index is 0.996. The number of imidazole rings is 1. The number of nitrogen functional groups attached to an aromatic ring is 2. The quantitative estimate of drug-likeness (QED) is 0.0455. The predicted octanol–water partition coefficient (Wildman–Crippen LogP) is -2.67. The molecule has 0 amide bonds. The Morgan fingerprint density at radius 1 is 0.943 bits per heavy atom. The van der Waals surface area contributed by atoms with Crippen LogP contribution >= 0.6 is 23.5 Å². The van der Waals surface area contributed by atoms with Crippen molar-refractivity contribution in [1.29, 1.82) is 0 Å². The topological polar surface area (TPSA) is 394 Å². The molecule has 3 aromatic heterocycles. The number of H-pyrrole nitrogens is 2. The van der Waals surface area contributed by atoms with Gasteiger partial charge in [0.05, 0.1) is 25.7 Å². The molecule has 0 spiro atoms. The molecular weight excluding hydrogens is 785 g/mol. The normalized spacial score (nSPS) is 29.3. The number of rotatable bonds is 14. The molecule has 0 aromatic carbocycles. The van der Waals surface area contributed by atoms with Gasteiger partial charge in [-0.3, -0.25) is 28.6 Å². The number of ether oxygens (including phenoxy) is 3. The molecule has 2 saturated heterocycles. The Kier molecular flexibility index (Phi) is 10.9. The van der Waals surface area contributed by atoms with Crippen LogP contribution in [0.5, 0.6) is 0 Å². The van der Waals surface area contributed by atoms with Crippen molar-refractivity contribution >= 4 is 58.0 Å². The molecule has 31 heteroatoms. The third-order valence-corrected chi connectivity index (χ3v) is 12.0. The van der Waals surface area contributed by atoms with Crippen LogP contribution < -0.4 is 32.4 Å². The highest BCUT2D eigenvalue weighted by atomic mass is 31.3. The minimum atomic E-state index is -5.94. The summed E-state index contributed by atoms with van der Waals surface area (Å²) >= 11 is 0. The molecule has 10 atom stereocenters. The van der Waals surface area contributed by atoms with Crippen molar-refractivity contribution in [3.05, 3.63) is 27.0 Å². The Hall–Kier alpha value is -3.40. The fourth-order valence-electron chi connectivity index (χ4n) is 5.77. The van der Waals surface area contributed by atoms with Gasteiger partial charge in [0.1, 0.15) is 36.7 Å². The van der Waals surface area contributed by atoms with E-state index in [0.29, 0.717) is 0 Å². The number of nitrogens with zero attached hydrogens (tertiary/aromatic N) is 6. The molecule has 3 aliphatic rings. The lowest BCUT2D eigenvalue weighted by Gasteiger charge is -2.27. The monoisotopic (exact) mass is 818 g/mol. The first-order valence-electron chi connectivity index (χ1n) is 14.9. The Bertz CT molecular complexity index is 2120. The fraction of sp³-hybridized carbons (Fsp3) is 0.591. The number of aromatic nitrogens is 6. The lowest BCUT2D eigenvalue weighted by molar-refractivity contribution is -0.240. The summed E-state index contributed by atoms with van der Waals surface area (Å²) in [5, 5.41) is 21.2. The van der Waals surface area contributed by atoms with Gasteiger partial charge in [0.25, 0.3) is 11.1 Å². The van der Waals surface area contributed by atoms with Crippen molar-refractivity contribution in [2.24, 2.45) is 0 Å². The fourth-order valence-corrected chi connectivity index (χ4v) is 9.07. The van der Waals surface area contributed by atoms with E-state index in [-0.39, 0.29) is 47.7 Å². The van der Waals surface area contributed by atoms with Crippen LogP contribution in [0, 0.1) is 0 Å². The molecule has 0 bridgehead atoms. The van der Waals surface area contributed by atoms with Crippen molar-refractivity contribution in [1.82, 2.24) is 29.5 Å². The van der Waals surface area contributed by atoms with Crippen LogP contribution in [-0.4, -0.2) is 125 Å². The van der Waals surface area contributed by atoms with Crippen LogP contribution in [0.1, 0.15) is 12.6 Å². The van der Waals surface area contributed by atoms with E-state index in [0.717, 1.165) is 0 Å². The first-order valence-corrected chi connectivity index (χ1v) is 19.4. The predicted molar refractivity (Wildman–Crippen MR) is 172 cm³/mol. The van der Waals surface area contributed by atoms with Gasteiger partial charge in [0.15, 0.2) is 29.4 Å². The Labute approximate surface area is 294 Å². The number of nitrogens with one attached hydrogen (secondary N) is 2. The van der Waals surface area contributed by atoms with Crippen LogP contribution in [0.3, 0.4) is 0 Å². The molecule has 5 unspecified atom stereocenters. The number of hydrogen-bond acceptors (Lipinski definition) is 22. The molecule has 6 rings (SSSR count). The maximum absolute atomic E-state index is 12.5. The summed E-state index contributed by atoms with van der Waals surface area (Å²) < 4.78 is 72.3. The third-order valence-electron chi connectivity index (χ3n) is 7.95. The van der Waals surface area contributed by atoms with Gasteiger partial charge in [-0.1, -0.05) is 0 Å². The molecule has 28 nitrogen and oxygen atoms in total. The first-order chi connectivity index (χ1) is 24.8. The van der Waals surface area contributed by atoms with Gasteiger partial charge >= 0.3 is 23.5 Å². The SMILES string of the molecule is COC1C[C@@H](COOP(=O)(O)OP(=O)(O)OP(=O)(O)OC[C@H]2O[C@@H](N3CN(C)c4c3nc(N)[nH]c4=O)[C@@H](O)C2O)O[C@H]1n1cnc2c(=O)[nH]c(N)nc21. The zero-order valence-electron chi connectivity index (χ0n) is 27.2. The summed E-state index contributed by atoms with van der Waals surface area (Å²) in [6, 6.07) is 0. The van der Waals surface area contributed by atoms with Crippen LogP contribution in [0.15, 0.2) is 15.9 Å². The second kappa shape index (κ2) is 14.7. The van der Waals surface area contributed by atoms with Gasteiger partial charge in [-0.15, -0.1) is 4.67 Å². The summed E-state index contributed by atoms with van der Waals surface area (Å²) in [4.78, 5) is 78.5. The molecule has 294 valence electrons. The summed E-state index contributed by atoms with van der Waals surface area (Å²) in [5.74, 6) is -0.428. The number of methoxy groups -OCH3 is 1. The van der Waals surface area contributed by atoms with E-state index >= 15 is 0 Å². The van der Waals surface area contributed by atoms with Crippen molar-refractivity contribution < 1.29 is 75.5 Å². The van der Waals surface area contributed by atoms with E-state index in [1.807, 2.05) is 0 Å². The number of aromatic amines is 2. The standard InChI is InChI=1S/C22H33N10O18P3/c1-30-7-32(16-12(30)18(36)29-22(24)27-16)20-14(34)13(33)10(47-20)5-45-51(37,38)49-53(41,42)50-52(39,40)48-44-4-8-3-9(43-2)19(46-8)31-6-25-11-15(31)26-21(23)28-17(11)35/h6,8-10,13-14,19-20,33-34H,3-5,7H2,1-2H3,(H,37,38)(H,39,40)(H,41,42)(H3,23,26,28,35)(H3,24,27,29,36)/t8-,9?,10+,13?,14-,19+,20+/m0/s1. The van der Waals surface area contributed by atoms with Crippen LogP contribution in [0.2, 0.25) is 0 Å². The molecule has 0 saturated carbocycles. The zero-order valence-corrected chi connectivity index (χ0v) is 29.9. The van der Waals surface area contributed by atoms with Gasteiger partial charge in [-0.05, 0) is 0 Å². The number of fused-ring (bicyclic) bond motifs is 2. The smallest absolute Gasteiger partial charge is 0.387 e. The average Bonchev–Trinajstić information content (AvgIpc) is 3.79. The molecule has 11 N–H and O–H groups in total. The molecular formula is C22H33N10O18P3. The van der Waals surface area contributed by atoms with Crippen LogP contribution in [-0.2, 0) is 50.6 Å². The van der Waals surface area contributed by atoms with E-state index in [4.69, 9.17) is 25.7 Å². The summed E-state index contributed by atoms with van der Waals surface area (Å²) in [6.07, 6.45) is -7.58. The number of nitrogens with two attached hydrogens (primary N) is 2. The van der Waals surface area contributed by atoms with E-state index in [1.165, 1.54) is 34.9 Å². The van der Waals surface area contributed by atoms with E-state index in [2.05, 4.69) is 47.6 Å². The molecule has 0 aliphatic carbocycles. The largest absolute Gasteiger partial charge is 0.508 e. The maximum atomic E-state index is 12.5. The maximum Gasteiger partial charge on any atom is 0.508 e. The molecule has 6 heterocycles. The van der Waals surface area contributed by atoms with Crippen molar-refractivity contribution in [2.75, 3.05) is 55.3 Å². The molecule has 2 fully saturated rings. The number of anilines is 4. The number of hydrogen-bond donors (Lipinski definition) is 9. The van der Waals surface area contributed by atoms with Gasteiger partial charge in [-0.25, -0.2) is 23.6 Å². The number of aliphatic hydroxyl groups is 2.